The van der Waals surface area contributed by atoms with E-state index < -0.39 is 0 Å². The molecule has 4 aromatic rings. The molecule has 4 atom stereocenters. The Balaban J connectivity index is 0.944. The minimum Gasteiger partial charge on any atom is -0.341 e. The molecule has 2 N–H and O–H groups in total. The van der Waals surface area contributed by atoms with Crippen molar-refractivity contribution in [3.8, 4) is 33.6 Å². The Labute approximate surface area is 269 Å². The van der Waals surface area contributed by atoms with Gasteiger partial charge in [0.15, 0.2) is 0 Å². The van der Waals surface area contributed by atoms with Gasteiger partial charge in [0.2, 0.25) is 0 Å². The summed E-state index contributed by atoms with van der Waals surface area (Å²) in [5, 5.41) is 0. The SMILES string of the molecule is O=C=C1CCCC1N1CCCC1c1ncc(-c2ccc(-c3ccc(-c4cnc([C@@H]5CCCN5[C@H]5CCCC5=C=O)[nH]4)cc3)cc2)[nH]1. The molecule has 8 rings (SSSR count). The molecule has 8 nitrogen and oxygen atoms in total. The van der Waals surface area contributed by atoms with Gasteiger partial charge in [0, 0.05) is 23.2 Å². The van der Waals surface area contributed by atoms with Gasteiger partial charge in [-0.1, -0.05) is 48.5 Å². The van der Waals surface area contributed by atoms with Gasteiger partial charge in [-0.2, -0.15) is 0 Å². The quantitative estimate of drug-likeness (QED) is 0.218. The molecular formula is C38H40N6O2. The first-order chi connectivity index (χ1) is 22.7. The van der Waals surface area contributed by atoms with Gasteiger partial charge in [0.1, 0.15) is 23.5 Å². The van der Waals surface area contributed by atoms with Gasteiger partial charge in [0.05, 0.1) is 35.9 Å². The zero-order chi connectivity index (χ0) is 31.0. The molecule has 0 spiro atoms. The third-order valence-electron chi connectivity index (χ3n) is 10.9. The number of nitrogens with one attached hydrogen (secondary N) is 2. The number of aromatic amines is 2. The van der Waals surface area contributed by atoms with E-state index in [-0.39, 0.29) is 24.2 Å². The van der Waals surface area contributed by atoms with Crippen LogP contribution in [0.5, 0.6) is 0 Å². The summed E-state index contributed by atoms with van der Waals surface area (Å²) in [5.41, 5.74) is 8.43. The van der Waals surface area contributed by atoms with Gasteiger partial charge in [-0.15, -0.1) is 0 Å². The number of imidazole rings is 2. The fourth-order valence-electron chi connectivity index (χ4n) is 8.52. The van der Waals surface area contributed by atoms with Crippen LogP contribution in [0.3, 0.4) is 0 Å². The number of rotatable bonds is 7. The molecule has 0 amide bonds. The molecule has 0 bridgehead atoms. The van der Waals surface area contributed by atoms with E-state index in [0.717, 1.165) is 134 Å². The van der Waals surface area contributed by atoms with Gasteiger partial charge < -0.3 is 9.97 Å². The van der Waals surface area contributed by atoms with Crippen LogP contribution in [-0.2, 0) is 9.59 Å². The highest BCUT2D eigenvalue weighted by Gasteiger charge is 2.38. The van der Waals surface area contributed by atoms with Crippen LogP contribution in [0.15, 0.2) is 72.1 Å². The molecule has 2 aliphatic heterocycles. The van der Waals surface area contributed by atoms with E-state index in [2.05, 4.69) is 80.2 Å². The van der Waals surface area contributed by atoms with E-state index in [0.29, 0.717) is 0 Å². The van der Waals surface area contributed by atoms with Crippen LogP contribution in [-0.4, -0.2) is 66.8 Å². The molecule has 2 saturated carbocycles. The van der Waals surface area contributed by atoms with Crippen molar-refractivity contribution in [1.82, 2.24) is 29.7 Å². The number of hydrogen-bond acceptors (Lipinski definition) is 6. The van der Waals surface area contributed by atoms with Gasteiger partial charge in [-0.25, -0.2) is 19.6 Å². The van der Waals surface area contributed by atoms with Gasteiger partial charge >= 0.3 is 0 Å². The second-order valence-corrected chi connectivity index (χ2v) is 13.4. The van der Waals surface area contributed by atoms with Gasteiger partial charge in [-0.3, -0.25) is 9.80 Å². The Morgan fingerprint density at radius 3 is 1.35 bits per heavy atom. The smallest absolute Gasteiger partial charge is 0.125 e. The predicted molar refractivity (Wildman–Crippen MR) is 178 cm³/mol. The largest absolute Gasteiger partial charge is 0.341 e. The van der Waals surface area contributed by atoms with E-state index in [1.807, 2.05) is 12.4 Å². The number of nitrogens with zero attached hydrogens (tertiary/aromatic N) is 4. The van der Waals surface area contributed by atoms with Crippen molar-refractivity contribution < 1.29 is 9.59 Å². The number of H-pyrrole nitrogens is 2. The van der Waals surface area contributed by atoms with Crippen LogP contribution in [0.1, 0.15) is 87.9 Å². The number of likely N-dealkylation sites (tertiary alicyclic amines) is 2. The maximum absolute atomic E-state index is 11.5. The molecule has 4 fully saturated rings. The Morgan fingerprint density at radius 2 is 0.935 bits per heavy atom. The molecule has 2 aromatic carbocycles. The Kier molecular flexibility index (Phi) is 7.89. The third kappa shape index (κ3) is 5.32. The van der Waals surface area contributed by atoms with E-state index in [1.165, 1.54) is 0 Å². The second-order valence-electron chi connectivity index (χ2n) is 13.4. The van der Waals surface area contributed by atoms with Crippen molar-refractivity contribution in [3.05, 3.63) is 83.7 Å². The number of aromatic nitrogens is 4. The van der Waals surface area contributed by atoms with Crippen molar-refractivity contribution in [1.29, 1.82) is 0 Å². The molecule has 8 heteroatoms. The molecule has 2 saturated heterocycles. The Bertz CT molecular complexity index is 1670. The minimum absolute atomic E-state index is 0.217. The number of benzene rings is 2. The van der Waals surface area contributed by atoms with Crippen LogP contribution in [0.25, 0.3) is 33.6 Å². The molecule has 2 unspecified atom stereocenters. The monoisotopic (exact) mass is 612 g/mol. The highest BCUT2D eigenvalue weighted by Crippen LogP contribution is 2.41. The van der Waals surface area contributed by atoms with Gasteiger partial charge in [-0.05, 0) is 99.6 Å². The standard InChI is InChI=1S/C38H40N6O2/c45-23-29-5-1-7-33(29)43-19-3-9-35(43)37-39-21-31(41-37)27-15-11-25(12-16-27)26-13-17-28(18-14-26)32-22-40-38(42-32)36-10-4-20-44(36)34-8-2-6-30(34)24-46/h11-18,21-22,33-36H,1-10,19-20H2,(H,39,41)(H,40,42)/t33-,34?,35-,36?/m0/s1. The molecular weight excluding hydrogens is 572 g/mol. The van der Waals surface area contributed by atoms with Crippen molar-refractivity contribution in [3.63, 3.8) is 0 Å². The maximum Gasteiger partial charge on any atom is 0.125 e. The lowest BCUT2D eigenvalue weighted by molar-refractivity contribution is 0.201. The van der Waals surface area contributed by atoms with E-state index in [4.69, 9.17) is 9.97 Å². The number of hydrogen-bond donors (Lipinski definition) is 2. The summed E-state index contributed by atoms with van der Waals surface area (Å²) in [6, 6.07) is 18.2. The molecule has 2 aliphatic carbocycles. The summed E-state index contributed by atoms with van der Waals surface area (Å²) < 4.78 is 0. The summed E-state index contributed by atoms with van der Waals surface area (Å²) >= 11 is 0. The van der Waals surface area contributed by atoms with Crippen molar-refractivity contribution in [2.24, 2.45) is 0 Å². The van der Waals surface area contributed by atoms with Crippen LogP contribution >= 0.6 is 0 Å². The van der Waals surface area contributed by atoms with Crippen molar-refractivity contribution >= 4 is 11.9 Å². The van der Waals surface area contributed by atoms with Crippen LogP contribution in [0.4, 0.5) is 0 Å². The minimum atomic E-state index is 0.217. The highest BCUT2D eigenvalue weighted by molar-refractivity contribution is 5.71. The van der Waals surface area contributed by atoms with Crippen molar-refractivity contribution in [2.75, 3.05) is 13.1 Å². The molecule has 2 aromatic heterocycles. The highest BCUT2D eigenvalue weighted by atomic mass is 16.1. The first-order valence-corrected chi connectivity index (χ1v) is 17.0. The summed E-state index contributed by atoms with van der Waals surface area (Å²) in [6.07, 6.45) is 14.2. The molecule has 234 valence electrons. The topological polar surface area (TPSA) is 98.0 Å². The van der Waals surface area contributed by atoms with Crippen molar-refractivity contribution in [2.45, 2.75) is 88.4 Å². The lowest BCUT2D eigenvalue weighted by atomic mass is 10.0. The molecule has 4 heterocycles. The van der Waals surface area contributed by atoms with E-state index >= 15 is 0 Å². The van der Waals surface area contributed by atoms with Crippen LogP contribution < -0.4 is 0 Å². The summed E-state index contributed by atoms with van der Waals surface area (Å²) in [5.74, 6) is 6.44. The lowest BCUT2D eigenvalue weighted by Gasteiger charge is -2.29. The third-order valence-corrected chi connectivity index (χ3v) is 10.9. The summed E-state index contributed by atoms with van der Waals surface area (Å²) in [4.78, 5) is 44.7. The fraction of sp³-hybridized carbons (Fsp3) is 0.421. The molecule has 46 heavy (non-hydrogen) atoms. The molecule has 4 aliphatic rings. The maximum atomic E-state index is 11.5. The second kappa shape index (κ2) is 12.5. The zero-order valence-electron chi connectivity index (χ0n) is 26.2. The Morgan fingerprint density at radius 1 is 0.543 bits per heavy atom. The Hall–Kier alpha value is -4.32. The first-order valence-electron chi connectivity index (χ1n) is 17.0. The first kappa shape index (κ1) is 29.1. The predicted octanol–water partition coefficient (Wildman–Crippen LogP) is 7.03. The van der Waals surface area contributed by atoms with Crippen LogP contribution in [0.2, 0.25) is 0 Å². The summed E-state index contributed by atoms with van der Waals surface area (Å²) in [6.45, 7) is 2.01. The normalized spacial score (nSPS) is 25.4. The average Bonchev–Trinajstić information content (AvgIpc) is 3.95. The fourth-order valence-corrected chi connectivity index (χ4v) is 8.52. The lowest BCUT2D eigenvalue weighted by Crippen LogP contribution is -2.34. The number of carbonyl (C=O) groups excluding carboxylic acids is 2. The van der Waals surface area contributed by atoms with Crippen LogP contribution in [0, 0.1) is 0 Å². The van der Waals surface area contributed by atoms with Gasteiger partial charge in [0.25, 0.3) is 0 Å². The average molecular weight is 613 g/mol. The van der Waals surface area contributed by atoms with E-state index in [1.54, 1.807) is 0 Å². The summed E-state index contributed by atoms with van der Waals surface area (Å²) in [7, 11) is 0. The van der Waals surface area contributed by atoms with E-state index in [9.17, 15) is 9.59 Å². The molecule has 0 radical (unpaired) electrons. The zero-order valence-corrected chi connectivity index (χ0v) is 26.2.